The van der Waals surface area contributed by atoms with Crippen LogP contribution in [0.25, 0.3) is 11.5 Å². The molecule has 1 aromatic carbocycles. The van der Waals surface area contributed by atoms with Crippen molar-refractivity contribution in [1.82, 2.24) is 4.98 Å². The van der Waals surface area contributed by atoms with Gasteiger partial charge in [0.2, 0.25) is 5.89 Å². The third kappa shape index (κ3) is 7.14. The van der Waals surface area contributed by atoms with Gasteiger partial charge in [0.05, 0.1) is 6.26 Å². The zero-order valence-electron chi connectivity index (χ0n) is 14.3. The van der Waals surface area contributed by atoms with Gasteiger partial charge in [0, 0.05) is 5.56 Å². The number of benzene rings is 1. The van der Waals surface area contributed by atoms with Gasteiger partial charge in [-0.05, 0) is 32.9 Å². The van der Waals surface area contributed by atoms with E-state index >= 15 is 0 Å². The quantitative estimate of drug-likeness (QED) is 0.404. The van der Waals surface area contributed by atoms with E-state index in [1.54, 1.807) is 6.92 Å². The number of hydrogen-bond donors (Lipinski definition) is 3. The fourth-order valence-corrected chi connectivity index (χ4v) is 1.99. The molecular weight excluding hydrogens is 348 g/mol. The maximum Gasteiger partial charge on any atom is 0.302 e. The highest BCUT2D eigenvalue weighted by Crippen LogP contribution is 2.24. The van der Waals surface area contributed by atoms with E-state index in [-0.39, 0.29) is 11.7 Å². The van der Waals surface area contributed by atoms with Crippen molar-refractivity contribution in [3.63, 3.8) is 0 Å². The van der Waals surface area contributed by atoms with E-state index in [2.05, 4.69) is 9.98 Å². The number of oxazole rings is 1. The summed E-state index contributed by atoms with van der Waals surface area (Å²) in [4.78, 5) is 19.4. The number of nitrogens with two attached hydrogens (primary N) is 2. The monoisotopic (exact) mass is 368 g/mol. The molecule has 0 fully saturated rings. The molecular formula is C15H20N4O5S. The molecule has 0 aliphatic heterocycles. The van der Waals surface area contributed by atoms with Crippen LogP contribution in [-0.2, 0) is 10.1 Å². The third-order valence-electron chi connectivity index (χ3n) is 2.70. The lowest BCUT2D eigenvalue weighted by molar-refractivity contribution is 0.0997. The summed E-state index contributed by atoms with van der Waals surface area (Å²) in [5.74, 6) is -0.148. The molecule has 136 valence electrons. The topological polar surface area (TPSA) is 162 Å². The van der Waals surface area contributed by atoms with E-state index < -0.39 is 16.0 Å². The van der Waals surface area contributed by atoms with E-state index in [1.165, 1.54) is 0 Å². The molecule has 10 heteroatoms. The number of hydrogen-bond acceptors (Lipinski definition) is 5. The number of aryl methyl sites for hydroxylation is 3. The highest BCUT2D eigenvalue weighted by atomic mass is 32.2. The molecule has 0 bridgehead atoms. The summed E-state index contributed by atoms with van der Waals surface area (Å²) in [7, 11) is -3.67. The molecule has 0 saturated carbocycles. The van der Waals surface area contributed by atoms with Crippen LogP contribution in [0.3, 0.4) is 0 Å². The number of nitrogens with zero attached hydrogens (tertiary/aromatic N) is 2. The van der Waals surface area contributed by atoms with Crippen LogP contribution in [0.15, 0.2) is 27.6 Å². The lowest BCUT2D eigenvalue weighted by Crippen LogP contribution is -2.24. The van der Waals surface area contributed by atoms with E-state index in [0.29, 0.717) is 17.9 Å². The summed E-state index contributed by atoms with van der Waals surface area (Å²) in [5.41, 5.74) is 13.5. The first kappa shape index (κ1) is 20.3. The van der Waals surface area contributed by atoms with Crippen LogP contribution in [0.4, 0.5) is 0 Å². The van der Waals surface area contributed by atoms with Gasteiger partial charge in [-0.1, -0.05) is 17.2 Å². The minimum absolute atomic E-state index is 0.118. The Labute approximate surface area is 145 Å². The summed E-state index contributed by atoms with van der Waals surface area (Å²) in [6, 6.07) is 5.92. The molecule has 1 heterocycles. The van der Waals surface area contributed by atoms with Crippen molar-refractivity contribution in [2.75, 3.05) is 6.26 Å². The van der Waals surface area contributed by atoms with Gasteiger partial charge in [0.1, 0.15) is 5.76 Å². The molecule has 0 atom stereocenters. The van der Waals surface area contributed by atoms with Gasteiger partial charge >= 0.3 is 5.91 Å². The third-order valence-corrected chi connectivity index (χ3v) is 2.70. The normalized spacial score (nSPS) is 10.6. The molecule has 1 aromatic heterocycles. The Kier molecular flexibility index (Phi) is 6.42. The van der Waals surface area contributed by atoms with Crippen molar-refractivity contribution in [1.29, 1.82) is 0 Å². The van der Waals surface area contributed by atoms with Crippen LogP contribution in [0.1, 0.15) is 27.4 Å². The predicted molar refractivity (Wildman–Crippen MR) is 93.8 cm³/mol. The Morgan fingerprint density at radius 2 is 1.64 bits per heavy atom. The van der Waals surface area contributed by atoms with Gasteiger partial charge in [0.15, 0.2) is 11.7 Å². The Morgan fingerprint density at radius 1 is 1.16 bits per heavy atom. The average molecular weight is 368 g/mol. The molecule has 0 spiro atoms. The molecule has 9 nitrogen and oxygen atoms in total. The maximum absolute atomic E-state index is 11.8. The van der Waals surface area contributed by atoms with Gasteiger partial charge in [-0.2, -0.15) is 13.4 Å². The standard InChI is InChI=1S/C14H16N4O2.CH4O3S/c1-7-4-8(2)6-10(5-7)13-17-11(9(3)20-13)12(19)18-14(15)16;1-5(2,3)4/h4-6H,1-3H3,(H4,15,16,18,19);1H3,(H,2,3,4). The highest BCUT2D eigenvalue weighted by Gasteiger charge is 2.18. The lowest BCUT2D eigenvalue weighted by Gasteiger charge is -2.00. The Hall–Kier alpha value is -2.72. The largest absolute Gasteiger partial charge is 0.441 e. The second-order valence-electron chi connectivity index (χ2n) is 5.38. The molecule has 5 N–H and O–H groups in total. The van der Waals surface area contributed by atoms with Crippen molar-refractivity contribution in [2.45, 2.75) is 20.8 Å². The molecule has 25 heavy (non-hydrogen) atoms. The summed E-state index contributed by atoms with van der Waals surface area (Å²) < 4.78 is 31.4. The van der Waals surface area contributed by atoms with Crippen molar-refractivity contribution in [2.24, 2.45) is 16.5 Å². The number of carbonyl (C=O) groups excluding carboxylic acids is 1. The zero-order chi connectivity index (χ0) is 19.4. The van der Waals surface area contributed by atoms with Gasteiger partial charge < -0.3 is 15.9 Å². The summed E-state index contributed by atoms with van der Waals surface area (Å²) in [5, 5.41) is 0. The van der Waals surface area contributed by atoms with Crippen LogP contribution in [-0.4, -0.2) is 36.1 Å². The molecule has 0 saturated heterocycles. The predicted octanol–water partition coefficient (Wildman–Crippen LogP) is 1.18. The number of carbonyl (C=O) groups is 1. The van der Waals surface area contributed by atoms with Gasteiger partial charge in [-0.25, -0.2) is 4.98 Å². The van der Waals surface area contributed by atoms with Crippen LogP contribution >= 0.6 is 0 Å². The smallest absolute Gasteiger partial charge is 0.302 e. The van der Waals surface area contributed by atoms with Gasteiger partial charge in [-0.15, -0.1) is 0 Å². The van der Waals surface area contributed by atoms with Crippen molar-refractivity contribution >= 4 is 22.0 Å². The number of guanidine groups is 1. The van der Waals surface area contributed by atoms with E-state index in [9.17, 15) is 13.2 Å². The minimum atomic E-state index is -3.67. The minimum Gasteiger partial charge on any atom is -0.441 e. The molecule has 2 rings (SSSR count). The Bertz CT molecular complexity index is 884. The molecule has 2 aromatic rings. The second-order valence-corrected chi connectivity index (χ2v) is 6.84. The number of rotatable bonds is 2. The first-order chi connectivity index (χ1) is 11.4. The van der Waals surface area contributed by atoms with Crippen LogP contribution < -0.4 is 11.5 Å². The molecule has 1 amide bonds. The first-order valence-electron chi connectivity index (χ1n) is 6.99. The number of amides is 1. The van der Waals surface area contributed by atoms with E-state index in [1.807, 2.05) is 32.0 Å². The summed E-state index contributed by atoms with van der Waals surface area (Å²) in [6.07, 6.45) is 0.715. The first-order valence-corrected chi connectivity index (χ1v) is 8.84. The van der Waals surface area contributed by atoms with Crippen molar-refractivity contribution < 1.29 is 22.2 Å². The van der Waals surface area contributed by atoms with Gasteiger partial charge in [-0.3, -0.25) is 9.35 Å². The molecule has 0 aliphatic carbocycles. The summed E-state index contributed by atoms with van der Waals surface area (Å²) in [6.45, 7) is 5.62. The fourth-order valence-electron chi connectivity index (χ4n) is 1.99. The SMILES string of the molecule is CS(=O)(=O)O.Cc1cc(C)cc(-c2nc(C(=O)N=C(N)N)c(C)o2)c1. The Balaban J connectivity index is 0.000000550. The highest BCUT2D eigenvalue weighted by molar-refractivity contribution is 7.85. The summed E-state index contributed by atoms with van der Waals surface area (Å²) >= 11 is 0. The zero-order valence-corrected chi connectivity index (χ0v) is 15.1. The van der Waals surface area contributed by atoms with Crippen LogP contribution in [0.2, 0.25) is 0 Å². The van der Waals surface area contributed by atoms with E-state index in [0.717, 1.165) is 16.7 Å². The van der Waals surface area contributed by atoms with Crippen molar-refractivity contribution in [3.05, 3.63) is 40.8 Å². The van der Waals surface area contributed by atoms with Gasteiger partial charge in [0.25, 0.3) is 10.1 Å². The Morgan fingerprint density at radius 3 is 2.08 bits per heavy atom. The molecule has 0 unspecified atom stereocenters. The second kappa shape index (κ2) is 7.90. The van der Waals surface area contributed by atoms with E-state index in [4.69, 9.17) is 20.4 Å². The number of aromatic nitrogens is 1. The van der Waals surface area contributed by atoms with Crippen LogP contribution in [0, 0.1) is 20.8 Å². The average Bonchev–Trinajstić information content (AvgIpc) is 2.77. The lowest BCUT2D eigenvalue weighted by atomic mass is 10.1. The molecule has 0 aliphatic rings. The van der Waals surface area contributed by atoms with Crippen molar-refractivity contribution in [3.8, 4) is 11.5 Å². The molecule has 0 radical (unpaired) electrons. The van der Waals surface area contributed by atoms with Crippen LogP contribution in [0.5, 0.6) is 0 Å². The fraction of sp³-hybridized carbons (Fsp3) is 0.267. The maximum atomic E-state index is 11.8. The number of aliphatic imine (C=N–C) groups is 1.